The summed E-state index contributed by atoms with van der Waals surface area (Å²) in [6.07, 6.45) is 9.42. The average Bonchev–Trinajstić information content (AvgIpc) is 2.97. The predicted octanol–water partition coefficient (Wildman–Crippen LogP) is 2.46. The topological polar surface area (TPSA) is 116 Å². The highest BCUT2D eigenvalue weighted by molar-refractivity contribution is 6.06. The number of methoxy groups -OCH3 is 1. The molecule has 7 heteroatoms. The van der Waals surface area contributed by atoms with E-state index >= 15 is 0 Å². The van der Waals surface area contributed by atoms with Gasteiger partial charge in [0.15, 0.2) is 0 Å². The Morgan fingerprint density at radius 1 is 1.24 bits per heavy atom. The van der Waals surface area contributed by atoms with E-state index in [4.69, 9.17) is 20.7 Å². The molecular weight excluding hydrogens is 320 g/mol. The molecule has 0 aliphatic heterocycles. The van der Waals surface area contributed by atoms with Crippen LogP contribution >= 0.6 is 0 Å². The lowest BCUT2D eigenvalue weighted by Gasteiger charge is -2.41. The van der Waals surface area contributed by atoms with Gasteiger partial charge < -0.3 is 14.9 Å². The van der Waals surface area contributed by atoms with Crippen LogP contribution in [0.3, 0.4) is 0 Å². The van der Waals surface area contributed by atoms with E-state index in [-0.39, 0.29) is 5.76 Å². The molecule has 7 nitrogen and oxygen atoms in total. The molecule has 4 rings (SSSR count). The van der Waals surface area contributed by atoms with Crippen molar-refractivity contribution in [2.24, 2.45) is 11.3 Å². The van der Waals surface area contributed by atoms with Gasteiger partial charge in [0, 0.05) is 5.56 Å². The Kier molecular flexibility index (Phi) is 3.83. The number of nitrogens with one attached hydrogen (secondary N) is 1. The number of hydrogen-bond acceptors (Lipinski definition) is 6. The van der Waals surface area contributed by atoms with Gasteiger partial charge in [0.2, 0.25) is 17.4 Å². The minimum Gasteiger partial charge on any atom is -0.481 e. The Morgan fingerprint density at radius 2 is 2.00 bits per heavy atom. The lowest BCUT2D eigenvalue weighted by Crippen LogP contribution is -2.31. The summed E-state index contributed by atoms with van der Waals surface area (Å²) >= 11 is 0. The van der Waals surface area contributed by atoms with Crippen LogP contribution < -0.4 is 21.7 Å². The van der Waals surface area contributed by atoms with E-state index in [9.17, 15) is 4.79 Å². The molecule has 0 aromatic carbocycles. The number of carbonyl (C=O) groups excluding carboxylic acids is 1. The molecule has 2 heterocycles. The van der Waals surface area contributed by atoms with Crippen molar-refractivity contribution in [2.75, 3.05) is 12.8 Å². The number of hydrazine groups is 1. The first-order valence-electron chi connectivity index (χ1n) is 8.87. The standard InChI is InChI=1S/C18H24N4O3/c1-24-16-11-9-18(6-3-2-4-7-18)8-5-10(11)12-13(19)14(15(23)22-20)25-17(12)21-16/h2-9,19-20H2,1H3,(H,22,23). The second kappa shape index (κ2) is 5.91. The van der Waals surface area contributed by atoms with E-state index in [1.54, 1.807) is 7.11 Å². The molecule has 1 amide bonds. The highest BCUT2D eigenvalue weighted by Crippen LogP contribution is 2.50. The number of nitrogen functional groups attached to an aromatic ring is 2. The zero-order valence-corrected chi connectivity index (χ0v) is 14.5. The molecule has 0 unspecified atom stereocenters. The minimum atomic E-state index is -0.553. The lowest BCUT2D eigenvalue weighted by atomic mass is 9.64. The molecule has 2 aromatic rings. The number of ether oxygens (including phenoxy) is 1. The van der Waals surface area contributed by atoms with Crippen molar-refractivity contribution in [3.63, 3.8) is 0 Å². The van der Waals surface area contributed by atoms with E-state index < -0.39 is 5.91 Å². The van der Waals surface area contributed by atoms with Crippen molar-refractivity contribution >= 4 is 22.7 Å². The normalized spacial score (nSPS) is 19.0. The Hall–Kier alpha value is -2.28. The van der Waals surface area contributed by atoms with Crippen LogP contribution in [0.4, 0.5) is 5.69 Å². The minimum absolute atomic E-state index is 0.0124. The molecule has 1 fully saturated rings. The van der Waals surface area contributed by atoms with Crippen molar-refractivity contribution in [3.05, 3.63) is 16.9 Å². The molecule has 2 aromatic heterocycles. The fraction of sp³-hybridized carbons (Fsp3) is 0.556. The van der Waals surface area contributed by atoms with Gasteiger partial charge in [-0.05, 0) is 43.1 Å². The third-order valence-corrected chi connectivity index (χ3v) is 5.96. The van der Waals surface area contributed by atoms with Gasteiger partial charge in [-0.25, -0.2) is 5.84 Å². The maximum atomic E-state index is 11.9. The number of rotatable bonds is 2. The van der Waals surface area contributed by atoms with Gasteiger partial charge in [-0.1, -0.05) is 19.3 Å². The number of fused-ring (bicyclic) bond motifs is 3. The predicted molar refractivity (Wildman–Crippen MR) is 94.2 cm³/mol. The van der Waals surface area contributed by atoms with Crippen LogP contribution in [0.1, 0.15) is 60.2 Å². The molecule has 5 N–H and O–H groups in total. The van der Waals surface area contributed by atoms with Gasteiger partial charge in [0.05, 0.1) is 18.2 Å². The number of nitrogens with zero attached hydrogens (tertiary/aromatic N) is 1. The number of anilines is 1. The van der Waals surface area contributed by atoms with Crippen LogP contribution in [0.2, 0.25) is 0 Å². The maximum absolute atomic E-state index is 11.9. The molecule has 2 aliphatic carbocycles. The van der Waals surface area contributed by atoms with E-state index in [1.807, 2.05) is 0 Å². The number of nitrogens with two attached hydrogens (primary N) is 2. The summed E-state index contributed by atoms with van der Waals surface area (Å²) in [6.45, 7) is 0. The molecule has 0 atom stereocenters. The zero-order chi connectivity index (χ0) is 17.6. The van der Waals surface area contributed by atoms with Crippen molar-refractivity contribution in [2.45, 2.75) is 51.4 Å². The van der Waals surface area contributed by atoms with Crippen molar-refractivity contribution < 1.29 is 13.9 Å². The van der Waals surface area contributed by atoms with Crippen LogP contribution in [-0.2, 0) is 12.8 Å². The summed E-state index contributed by atoms with van der Waals surface area (Å²) in [4.78, 5) is 16.4. The summed E-state index contributed by atoms with van der Waals surface area (Å²) in [5.41, 5.74) is 11.5. The van der Waals surface area contributed by atoms with E-state index in [1.165, 1.54) is 32.1 Å². The highest BCUT2D eigenvalue weighted by atomic mass is 16.5. The third-order valence-electron chi connectivity index (χ3n) is 5.96. The molecule has 134 valence electrons. The Balaban J connectivity index is 1.87. The number of aromatic nitrogens is 1. The number of pyridine rings is 1. The monoisotopic (exact) mass is 344 g/mol. The number of amides is 1. The van der Waals surface area contributed by atoms with E-state index in [0.717, 1.165) is 35.8 Å². The molecule has 0 saturated heterocycles. The van der Waals surface area contributed by atoms with Crippen LogP contribution in [0, 0.1) is 5.41 Å². The van der Waals surface area contributed by atoms with E-state index in [2.05, 4.69) is 10.4 Å². The number of hydrogen-bond donors (Lipinski definition) is 3. The van der Waals surface area contributed by atoms with Crippen LogP contribution in [0.5, 0.6) is 5.88 Å². The quantitative estimate of drug-likeness (QED) is 0.438. The highest BCUT2D eigenvalue weighted by Gasteiger charge is 2.39. The van der Waals surface area contributed by atoms with E-state index in [0.29, 0.717) is 22.7 Å². The molecule has 1 saturated carbocycles. The molecule has 1 spiro atoms. The Morgan fingerprint density at radius 3 is 2.68 bits per heavy atom. The Bertz CT molecular complexity index is 837. The summed E-state index contributed by atoms with van der Waals surface area (Å²) in [5, 5.41) is 0.736. The first-order chi connectivity index (χ1) is 12.1. The first kappa shape index (κ1) is 16.2. The molecule has 2 aliphatic rings. The second-order valence-corrected chi connectivity index (χ2v) is 7.31. The summed E-state index contributed by atoms with van der Waals surface area (Å²) in [6, 6.07) is 0. The number of furan rings is 1. The summed E-state index contributed by atoms with van der Waals surface area (Å²) in [7, 11) is 1.62. The summed E-state index contributed by atoms with van der Waals surface area (Å²) in [5.74, 6) is 5.27. The fourth-order valence-electron chi connectivity index (χ4n) is 4.68. The first-order valence-corrected chi connectivity index (χ1v) is 8.87. The maximum Gasteiger partial charge on any atom is 0.303 e. The van der Waals surface area contributed by atoms with Gasteiger partial charge in [-0.3, -0.25) is 10.2 Å². The smallest absolute Gasteiger partial charge is 0.303 e. The van der Waals surface area contributed by atoms with Crippen molar-refractivity contribution in [1.29, 1.82) is 0 Å². The average molecular weight is 344 g/mol. The molecule has 25 heavy (non-hydrogen) atoms. The zero-order valence-electron chi connectivity index (χ0n) is 14.5. The number of aryl methyl sites for hydroxylation is 1. The van der Waals surface area contributed by atoms with Crippen LogP contribution in [-0.4, -0.2) is 18.0 Å². The third kappa shape index (κ3) is 2.45. The molecule has 0 radical (unpaired) electrons. The van der Waals surface area contributed by atoms with Gasteiger partial charge in [0.1, 0.15) is 0 Å². The largest absolute Gasteiger partial charge is 0.481 e. The molecule has 0 bridgehead atoms. The van der Waals surface area contributed by atoms with Gasteiger partial charge >= 0.3 is 5.91 Å². The molecular formula is C18H24N4O3. The SMILES string of the molecule is COc1nc2oc(C(=O)NN)c(N)c2c2c1CC1(CCCCC1)CC2. The second-order valence-electron chi connectivity index (χ2n) is 7.31. The van der Waals surface area contributed by atoms with Crippen molar-refractivity contribution in [3.8, 4) is 5.88 Å². The van der Waals surface area contributed by atoms with Gasteiger partial charge in [0.25, 0.3) is 0 Å². The van der Waals surface area contributed by atoms with Gasteiger partial charge in [-0.15, -0.1) is 0 Å². The van der Waals surface area contributed by atoms with Crippen LogP contribution in [0.15, 0.2) is 4.42 Å². The van der Waals surface area contributed by atoms with Crippen LogP contribution in [0.25, 0.3) is 11.1 Å². The summed E-state index contributed by atoms with van der Waals surface area (Å²) < 4.78 is 11.1. The van der Waals surface area contributed by atoms with Crippen molar-refractivity contribution in [1.82, 2.24) is 10.4 Å². The fourth-order valence-corrected chi connectivity index (χ4v) is 4.68. The van der Waals surface area contributed by atoms with Gasteiger partial charge in [-0.2, -0.15) is 4.98 Å². The Labute approximate surface area is 146 Å². The lowest BCUT2D eigenvalue weighted by molar-refractivity contribution is 0.0929. The number of carbonyl (C=O) groups is 1.